The molecule has 0 spiro atoms. The number of hydrogen-bond acceptors (Lipinski definition) is 4. The summed E-state index contributed by atoms with van der Waals surface area (Å²) in [6.45, 7) is 3.15. The van der Waals surface area contributed by atoms with Crippen molar-refractivity contribution >= 4 is 5.78 Å². The van der Waals surface area contributed by atoms with E-state index in [1.54, 1.807) is 0 Å². The van der Waals surface area contributed by atoms with Gasteiger partial charge >= 0.3 is 0 Å². The topological polar surface area (TPSA) is 38.8 Å². The van der Waals surface area contributed by atoms with Crippen molar-refractivity contribution in [3.05, 3.63) is 23.8 Å². The Bertz CT molecular complexity index is 448. The summed E-state index contributed by atoms with van der Waals surface area (Å²) in [4.78, 5) is 13.5. The van der Waals surface area contributed by atoms with Crippen LogP contribution in [0.4, 0.5) is 0 Å². The van der Waals surface area contributed by atoms with Crippen LogP contribution in [0.1, 0.15) is 18.4 Å². The summed E-state index contributed by atoms with van der Waals surface area (Å²) in [6, 6.07) is 6.11. The van der Waals surface area contributed by atoms with Gasteiger partial charge < -0.3 is 14.4 Å². The van der Waals surface area contributed by atoms with E-state index in [9.17, 15) is 4.79 Å². The maximum atomic E-state index is 11.2. The molecule has 0 aromatic heterocycles. The lowest BCUT2D eigenvalue weighted by molar-refractivity contribution is -0.121. The second-order valence-corrected chi connectivity index (χ2v) is 4.82. The lowest BCUT2D eigenvalue weighted by Crippen LogP contribution is -2.35. The first-order valence-corrected chi connectivity index (χ1v) is 6.44. The zero-order chi connectivity index (χ0) is 12.4. The predicted octanol–water partition coefficient (Wildman–Crippen LogP) is 1.62. The van der Waals surface area contributed by atoms with Crippen LogP contribution in [0.25, 0.3) is 0 Å². The standard InChI is InChI=1S/C14H17NO3/c16-12-4-7-15(8-5-12)6-3-11-1-2-13-14(9-11)18-10-17-13/h1-2,9H,3-8,10H2. The Morgan fingerprint density at radius 3 is 2.72 bits per heavy atom. The first-order chi connectivity index (χ1) is 8.81. The number of ether oxygens (including phenoxy) is 2. The van der Waals surface area contributed by atoms with E-state index in [1.165, 1.54) is 5.56 Å². The van der Waals surface area contributed by atoms with Gasteiger partial charge in [0.05, 0.1) is 0 Å². The summed E-state index contributed by atoms with van der Waals surface area (Å²) in [6.07, 6.45) is 2.41. The minimum atomic E-state index is 0.326. The summed E-state index contributed by atoms with van der Waals surface area (Å²) in [7, 11) is 0. The number of nitrogens with zero attached hydrogens (tertiary/aromatic N) is 1. The summed E-state index contributed by atoms with van der Waals surface area (Å²) >= 11 is 0. The Morgan fingerprint density at radius 1 is 1.11 bits per heavy atom. The van der Waals surface area contributed by atoms with E-state index in [2.05, 4.69) is 17.0 Å². The van der Waals surface area contributed by atoms with Gasteiger partial charge in [0, 0.05) is 32.5 Å². The van der Waals surface area contributed by atoms with E-state index in [-0.39, 0.29) is 0 Å². The molecule has 4 heteroatoms. The van der Waals surface area contributed by atoms with Crippen molar-refractivity contribution in [2.45, 2.75) is 19.3 Å². The fourth-order valence-electron chi connectivity index (χ4n) is 2.41. The van der Waals surface area contributed by atoms with Crippen LogP contribution in [0.3, 0.4) is 0 Å². The van der Waals surface area contributed by atoms with Crippen molar-refractivity contribution in [1.82, 2.24) is 4.90 Å². The number of rotatable bonds is 3. The van der Waals surface area contributed by atoms with E-state index in [4.69, 9.17) is 9.47 Å². The van der Waals surface area contributed by atoms with Crippen molar-refractivity contribution < 1.29 is 14.3 Å². The van der Waals surface area contributed by atoms with Gasteiger partial charge in [0.1, 0.15) is 5.78 Å². The molecular weight excluding hydrogens is 230 g/mol. The van der Waals surface area contributed by atoms with Crippen LogP contribution in [-0.4, -0.2) is 37.1 Å². The summed E-state index contributed by atoms with van der Waals surface area (Å²) in [5, 5.41) is 0. The molecule has 0 atom stereocenters. The van der Waals surface area contributed by atoms with Gasteiger partial charge in [0.25, 0.3) is 0 Å². The van der Waals surface area contributed by atoms with Crippen LogP contribution in [0.15, 0.2) is 18.2 Å². The predicted molar refractivity (Wildman–Crippen MR) is 67.0 cm³/mol. The molecule has 0 amide bonds. The summed E-state index contributed by atoms with van der Waals surface area (Å²) in [5.74, 6) is 2.08. The Hall–Kier alpha value is -1.55. The molecule has 0 radical (unpaired) electrons. The molecule has 3 rings (SSSR count). The van der Waals surface area contributed by atoms with Crippen molar-refractivity contribution in [1.29, 1.82) is 0 Å². The van der Waals surface area contributed by atoms with Crippen LogP contribution in [0.2, 0.25) is 0 Å². The van der Waals surface area contributed by atoms with E-state index in [0.29, 0.717) is 25.4 Å². The number of likely N-dealkylation sites (tertiary alicyclic amines) is 1. The van der Waals surface area contributed by atoms with Gasteiger partial charge in [0.15, 0.2) is 11.5 Å². The third kappa shape index (κ3) is 2.48. The zero-order valence-electron chi connectivity index (χ0n) is 10.4. The third-order valence-electron chi connectivity index (χ3n) is 3.57. The average molecular weight is 247 g/mol. The molecular formula is C14H17NO3. The third-order valence-corrected chi connectivity index (χ3v) is 3.57. The zero-order valence-corrected chi connectivity index (χ0v) is 10.4. The highest BCUT2D eigenvalue weighted by atomic mass is 16.7. The molecule has 4 nitrogen and oxygen atoms in total. The fourth-order valence-corrected chi connectivity index (χ4v) is 2.41. The first kappa shape index (κ1) is 11.5. The molecule has 96 valence electrons. The maximum Gasteiger partial charge on any atom is 0.231 e. The van der Waals surface area contributed by atoms with Gasteiger partial charge in [0.2, 0.25) is 6.79 Å². The van der Waals surface area contributed by atoms with Crippen LogP contribution >= 0.6 is 0 Å². The van der Waals surface area contributed by atoms with E-state index < -0.39 is 0 Å². The Kier molecular flexibility index (Phi) is 3.19. The van der Waals surface area contributed by atoms with E-state index in [1.807, 2.05) is 6.07 Å². The van der Waals surface area contributed by atoms with Crippen molar-refractivity contribution in [2.75, 3.05) is 26.4 Å². The Balaban J connectivity index is 1.55. The summed E-state index contributed by atoms with van der Waals surface area (Å²) < 4.78 is 10.7. The molecule has 1 fully saturated rings. The Morgan fingerprint density at radius 2 is 1.89 bits per heavy atom. The largest absolute Gasteiger partial charge is 0.454 e. The first-order valence-electron chi connectivity index (χ1n) is 6.44. The number of piperidine rings is 1. The minimum Gasteiger partial charge on any atom is -0.454 e. The van der Waals surface area contributed by atoms with Crippen molar-refractivity contribution in [3.8, 4) is 11.5 Å². The van der Waals surface area contributed by atoms with Crippen LogP contribution in [-0.2, 0) is 11.2 Å². The molecule has 1 saturated heterocycles. The number of ketones is 1. The monoisotopic (exact) mass is 247 g/mol. The second kappa shape index (κ2) is 4.98. The molecule has 0 aliphatic carbocycles. The normalized spacial score (nSPS) is 19.2. The van der Waals surface area contributed by atoms with Gasteiger partial charge in [-0.25, -0.2) is 0 Å². The lowest BCUT2D eigenvalue weighted by Gasteiger charge is -2.25. The minimum absolute atomic E-state index is 0.326. The molecule has 0 bridgehead atoms. The van der Waals surface area contributed by atoms with Gasteiger partial charge in [-0.15, -0.1) is 0 Å². The quantitative estimate of drug-likeness (QED) is 0.813. The lowest BCUT2D eigenvalue weighted by atomic mass is 10.1. The number of benzene rings is 1. The van der Waals surface area contributed by atoms with Crippen molar-refractivity contribution in [3.63, 3.8) is 0 Å². The number of Topliss-reactive ketones (excluding diaryl/α,β-unsaturated/α-hetero) is 1. The fraction of sp³-hybridized carbons (Fsp3) is 0.500. The van der Waals surface area contributed by atoms with Crippen LogP contribution < -0.4 is 9.47 Å². The highest BCUT2D eigenvalue weighted by Crippen LogP contribution is 2.32. The molecule has 0 unspecified atom stereocenters. The molecule has 0 N–H and O–H groups in total. The Labute approximate surface area is 106 Å². The number of carbonyl (C=O) groups is 1. The molecule has 2 heterocycles. The number of fused-ring (bicyclic) bond motifs is 1. The molecule has 18 heavy (non-hydrogen) atoms. The van der Waals surface area contributed by atoms with E-state index in [0.717, 1.165) is 37.6 Å². The van der Waals surface area contributed by atoms with Gasteiger partial charge in [-0.1, -0.05) is 6.07 Å². The summed E-state index contributed by atoms with van der Waals surface area (Å²) in [5.41, 5.74) is 1.26. The molecule has 1 aromatic rings. The molecule has 2 aliphatic heterocycles. The number of carbonyl (C=O) groups excluding carboxylic acids is 1. The van der Waals surface area contributed by atoms with Gasteiger partial charge in [-0.05, 0) is 24.1 Å². The van der Waals surface area contributed by atoms with Gasteiger partial charge in [-0.3, -0.25) is 4.79 Å². The highest BCUT2D eigenvalue weighted by Gasteiger charge is 2.17. The average Bonchev–Trinajstić information content (AvgIpc) is 2.85. The molecule has 0 saturated carbocycles. The van der Waals surface area contributed by atoms with Crippen LogP contribution in [0, 0.1) is 0 Å². The maximum absolute atomic E-state index is 11.2. The smallest absolute Gasteiger partial charge is 0.231 e. The molecule has 1 aromatic carbocycles. The van der Waals surface area contributed by atoms with Crippen molar-refractivity contribution in [2.24, 2.45) is 0 Å². The molecule has 2 aliphatic rings. The second-order valence-electron chi connectivity index (χ2n) is 4.82. The van der Waals surface area contributed by atoms with E-state index >= 15 is 0 Å². The number of hydrogen-bond donors (Lipinski definition) is 0. The highest BCUT2D eigenvalue weighted by molar-refractivity contribution is 5.79. The SMILES string of the molecule is O=C1CCN(CCc2ccc3c(c2)OCO3)CC1. The van der Waals surface area contributed by atoms with Crippen LogP contribution in [0.5, 0.6) is 11.5 Å². The van der Waals surface area contributed by atoms with Gasteiger partial charge in [-0.2, -0.15) is 0 Å².